The highest BCUT2D eigenvalue weighted by Gasteiger charge is 2.29. The summed E-state index contributed by atoms with van der Waals surface area (Å²) in [6, 6.07) is 27.1. The van der Waals surface area contributed by atoms with E-state index in [0.29, 0.717) is 22.2 Å². The van der Waals surface area contributed by atoms with Crippen molar-refractivity contribution in [3.05, 3.63) is 108 Å². The van der Waals surface area contributed by atoms with Gasteiger partial charge < -0.3 is 14.8 Å². The lowest BCUT2D eigenvalue weighted by molar-refractivity contribution is -0.114. The second-order valence-corrected chi connectivity index (χ2v) is 10.4. The standard InChI is InChI=1S/C28H25ClN2O5S/c1-20-8-15-25(16-9-20)37(33,34)31(26-18-21(29)10-17-27(26)35-2)19-28(32)30-22-11-13-24(14-12-22)36-23-6-4-3-5-7-23/h3-18H,19H2,1-2H3,(H,30,32). The minimum atomic E-state index is -4.14. The number of nitrogens with zero attached hydrogens (tertiary/aromatic N) is 1. The Kier molecular flexibility index (Phi) is 8.01. The van der Waals surface area contributed by atoms with Crippen LogP contribution < -0.4 is 19.1 Å². The number of nitrogens with one attached hydrogen (secondary N) is 1. The van der Waals surface area contributed by atoms with Gasteiger partial charge in [0, 0.05) is 10.7 Å². The van der Waals surface area contributed by atoms with Crippen LogP contribution in [0.25, 0.3) is 0 Å². The van der Waals surface area contributed by atoms with Gasteiger partial charge in [-0.05, 0) is 73.7 Å². The van der Waals surface area contributed by atoms with Crippen LogP contribution in [-0.4, -0.2) is 28.0 Å². The minimum absolute atomic E-state index is 0.0374. The molecule has 9 heteroatoms. The molecule has 0 unspecified atom stereocenters. The first-order valence-electron chi connectivity index (χ1n) is 11.3. The summed E-state index contributed by atoms with van der Waals surface area (Å²) < 4.78 is 39.5. The first-order valence-corrected chi connectivity index (χ1v) is 13.1. The molecule has 0 aliphatic heterocycles. The maximum absolute atomic E-state index is 13.7. The Morgan fingerprint density at radius 3 is 2.19 bits per heavy atom. The first kappa shape index (κ1) is 26.1. The number of hydrogen-bond donors (Lipinski definition) is 1. The predicted octanol–water partition coefficient (Wildman–Crippen LogP) is 6.28. The van der Waals surface area contributed by atoms with Gasteiger partial charge in [-0.1, -0.05) is 47.5 Å². The van der Waals surface area contributed by atoms with Crippen molar-refractivity contribution in [1.82, 2.24) is 0 Å². The number of ether oxygens (including phenoxy) is 2. The summed E-state index contributed by atoms with van der Waals surface area (Å²) in [5.74, 6) is 0.993. The van der Waals surface area contributed by atoms with Crippen molar-refractivity contribution in [3.63, 3.8) is 0 Å². The molecule has 190 valence electrons. The maximum Gasteiger partial charge on any atom is 0.264 e. The number of hydrogen-bond acceptors (Lipinski definition) is 5. The quantitative estimate of drug-likeness (QED) is 0.272. The maximum atomic E-state index is 13.7. The minimum Gasteiger partial charge on any atom is -0.495 e. The normalized spacial score (nSPS) is 11.0. The van der Waals surface area contributed by atoms with Gasteiger partial charge in [0.05, 0.1) is 17.7 Å². The molecule has 0 saturated heterocycles. The van der Waals surface area contributed by atoms with Crippen molar-refractivity contribution in [2.24, 2.45) is 0 Å². The smallest absolute Gasteiger partial charge is 0.264 e. The van der Waals surface area contributed by atoms with E-state index in [4.69, 9.17) is 21.1 Å². The number of methoxy groups -OCH3 is 1. The van der Waals surface area contributed by atoms with Crippen LogP contribution >= 0.6 is 11.6 Å². The SMILES string of the molecule is COc1ccc(Cl)cc1N(CC(=O)Nc1ccc(Oc2ccccc2)cc1)S(=O)(=O)c1ccc(C)cc1. The number of carbonyl (C=O) groups excluding carboxylic acids is 1. The molecule has 0 bridgehead atoms. The summed E-state index contributed by atoms with van der Waals surface area (Å²) in [6.07, 6.45) is 0. The van der Waals surface area contributed by atoms with E-state index in [-0.39, 0.29) is 16.3 Å². The number of amides is 1. The molecule has 1 amide bonds. The second-order valence-electron chi connectivity index (χ2n) is 8.13. The molecule has 0 spiro atoms. The molecule has 0 saturated carbocycles. The Morgan fingerprint density at radius 1 is 0.892 bits per heavy atom. The molecule has 7 nitrogen and oxygen atoms in total. The highest BCUT2D eigenvalue weighted by Crippen LogP contribution is 2.35. The molecule has 4 aromatic carbocycles. The third kappa shape index (κ3) is 6.41. The van der Waals surface area contributed by atoms with Gasteiger partial charge in [0.15, 0.2) is 0 Å². The van der Waals surface area contributed by atoms with Crippen LogP contribution in [0.4, 0.5) is 11.4 Å². The Hall–Kier alpha value is -4.01. The third-order valence-corrected chi connectivity index (χ3v) is 7.43. The summed E-state index contributed by atoms with van der Waals surface area (Å²) in [4.78, 5) is 13.1. The molecule has 4 rings (SSSR count). The Morgan fingerprint density at radius 2 is 1.54 bits per heavy atom. The van der Waals surface area contributed by atoms with Gasteiger partial charge in [-0.2, -0.15) is 0 Å². The number of rotatable bonds is 9. The number of sulfonamides is 1. The fourth-order valence-corrected chi connectivity index (χ4v) is 5.15. The largest absolute Gasteiger partial charge is 0.495 e. The lowest BCUT2D eigenvalue weighted by atomic mass is 10.2. The van der Waals surface area contributed by atoms with Crippen molar-refractivity contribution >= 4 is 38.9 Å². The fourth-order valence-electron chi connectivity index (χ4n) is 3.56. The highest BCUT2D eigenvalue weighted by molar-refractivity contribution is 7.92. The molecule has 0 aromatic heterocycles. The summed E-state index contributed by atoms with van der Waals surface area (Å²) in [6.45, 7) is 1.35. The van der Waals surface area contributed by atoms with Crippen molar-refractivity contribution in [3.8, 4) is 17.2 Å². The van der Waals surface area contributed by atoms with Crippen molar-refractivity contribution in [1.29, 1.82) is 0 Å². The van der Waals surface area contributed by atoms with Crippen LogP contribution in [0.5, 0.6) is 17.2 Å². The molecule has 37 heavy (non-hydrogen) atoms. The fraction of sp³-hybridized carbons (Fsp3) is 0.107. The number of para-hydroxylation sites is 1. The van der Waals surface area contributed by atoms with Gasteiger partial charge in [0.1, 0.15) is 23.8 Å². The van der Waals surface area contributed by atoms with Gasteiger partial charge >= 0.3 is 0 Å². The van der Waals surface area contributed by atoms with E-state index in [1.165, 1.54) is 25.3 Å². The highest BCUT2D eigenvalue weighted by atomic mass is 35.5. The molecule has 0 atom stereocenters. The Labute approximate surface area is 221 Å². The van der Waals surface area contributed by atoms with Crippen molar-refractivity contribution in [2.75, 3.05) is 23.3 Å². The number of halogens is 1. The predicted molar refractivity (Wildman–Crippen MR) is 145 cm³/mol. The van der Waals surface area contributed by atoms with Crippen LogP contribution in [0.3, 0.4) is 0 Å². The Bertz CT molecular complexity index is 1480. The van der Waals surface area contributed by atoms with E-state index in [2.05, 4.69) is 5.32 Å². The van der Waals surface area contributed by atoms with E-state index >= 15 is 0 Å². The van der Waals surface area contributed by atoms with Crippen LogP contribution in [0.15, 0.2) is 102 Å². The zero-order valence-electron chi connectivity index (χ0n) is 20.2. The molecule has 0 radical (unpaired) electrons. The number of carbonyl (C=O) groups is 1. The summed E-state index contributed by atoms with van der Waals surface area (Å²) in [7, 11) is -2.72. The van der Waals surface area contributed by atoms with Gasteiger partial charge in [-0.15, -0.1) is 0 Å². The van der Waals surface area contributed by atoms with Gasteiger partial charge in [0.2, 0.25) is 5.91 Å². The lowest BCUT2D eigenvalue weighted by Gasteiger charge is -2.26. The van der Waals surface area contributed by atoms with Crippen LogP contribution in [0.2, 0.25) is 5.02 Å². The molecule has 0 aliphatic rings. The monoisotopic (exact) mass is 536 g/mol. The molecule has 0 heterocycles. The summed E-state index contributed by atoms with van der Waals surface area (Å²) in [5, 5.41) is 3.04. The van der Waals surface area contributed by atoms with E-state index < -0.39 is 22.5 Å². The molecule has 1 N–H and O–H groups in total. The molecule has 0 aliphatic carbocycles. The summed E-state index contributed by atoms with van der Waals surface area (Å²) >= 11 is 6.18. The zero-order chi connectivity index (χ0) is 26.4. The summed E-state index contributed by atoms with van der Waals surface area (Å²) in [5.41, 5.74) is 1.54. The van der Waals surface area contributed by atoms with E-state index in [1.54, 1.807) is 48.5 Å². The lowest BCUT2D eigenvalue weighted by Crippen LogP contribution is -2.38. The molecule has 4 aromatic rings. The van der Waals surface area contributed by atoms with Gasteiger partial charge in [-0.25, -0.2) is 8.42 Å². The van der Waals surface area contributed by atoms with Crippen molar-refractivity contribution in [2.45, 2.75) is 11.8 Å². The average molecular weight is 537 g/mol. The Balaban J connectivity index is 1.58. The third-order valence-electron chi connectivity index (χ3n) is 5.42. The number of benzene rings is 4. The zero-order valence-corrected chi connectivity index (χ0v) is 21.8. The first-order chi connectivity index (χ1) is 17.8. The van der Waals surface area contributed by atoms with Crippen LogP contribution in [-0.2, 0) is 14.8 Å². The van der Waals surface area contributed by atoms with Crippen molar-refractivity contribution < 1.29 is 22.7 Å². The topological polar surface area (TPSA) is 84.9 Å². The van der Waals surface area contributed by atoms with E-state index in [9.17, 15) is 13.2 Å². The average Bonchev–Trinajstić information content (AvgIpc) is 2.89. The molecule has 0 fully saturated rings. The molecular formula is C28H25ClN2O5S. The number of anilines is 2. The van der Waals surface area contributed by atoms with Gasteiger partial charge in [0.25, 0.3) is 10.0 Å². The number of aryl methyl sites for hydroxylation is 1. The van der Waals surface area contributed by atoms with E-state index in [1.807, 2.05) is 37.3 Å². The van der Waals surface area contributed by atoms with E-state index in [0.717, 1.165) is 9.87 Å². The van der Waals surface area contributed by atoms with Gasteiger partial charge in [-0.3, -0.25) is 9.10 Å². The van der Waals surface area contributed by atoms with Crippen LogP contribution in [0, 0.1) is 6.92 Å². The van der Waals surface area contributed by atoms with Crippen LogP contribution in [0.1, 0.15) is 5.56 Å². The molecular weight excluding hydrogens is 512 g/mol. The second kappa shape index (κ2) is 11.4.